The number of benzene rings is 1. The highest BCUT2D eigenvalue weighted by Gasteiger charge is 2.23. The van der Waals surface area contributed by atoms with Gasteiger partial charge in [0.25, 0.3) is 0 Å². The molecular weight excluding hydrogens is 184 g/mol. The Morgan fingerprint density at radius 1 is 1.13 bits per heavy atom. The number of rotatable bonds is 1. The summed E-state index contributed by atoms with van der Waals surface area (Å²) in [4.78, 5) is 4.76. The number of hydrogen-bond donors (Lipinski definition) is 1. The molecule has 2 heteroatoms. The van der Waals surface area contributed by atoms with E-state index in [0.29, 0.717) is 0 Å². The molecule has 0 atom stereocenters. The monoisotopic (exact) mass is 200 g/mol. The van der Waals surface area contributed by atoms with E-state index in [2.05, 4.69) is 29.6 Å². The fourth-order valence-electron chi connectivity index (χ4n) is 2.55. The molecule has 15 heavy (non-hydrogen) atoms. The van der Waals surface area contributed by atoms with Gasteiger partial charge in [0.2, 0.25) is 0 Å². The fraction of sp³-hybridized carbons (Fsp3) is 0.462. The standard InChI is InChI=1S/C13H16N2/c1-2-4-12-11(3-1)9-13(15-12)10-5-7-14-8-6-10/h1-4,10,14H,5-9H2. The third-order valence-electron chi connectivity index (χ3n) is 3.44. The maximum absolute atomic E-state index is 4.76. The van der Waals surface area contributed by atoms with Crippen molar-refractivity contribution in [3.05, 3.63) is 29.8 Å². The molecule has 1 N–H and O–H groups in total. The Balaban J connectivity index is 1.81. The SMILES string of the molecule is c1ccc2c(c1)CC(C1CCNCC1)=N2. The van der Waals surface area contributed by atoms with Gasteiger partial charge < -0.3 is 5.32 Å². The number of fused-ring (bicyclic) bond motifs is 1. The van der Waals surface area contributed by atoms with E-state index >= 15 is 0 Å². The quantitative estimate of drug-likeness (QED) is 0.739. The van der Waals surface area contributed by atoms with E-state index in [1.54, 1.807) is 0 Å². The number of piperidine rings is 1. The minimum atomic E-state index is 0.721. The molecule has 0 amide bonds. The van der Waals surface area contributed by atoms with E-state index in [4.69, 9.17) is 4.99 Å². The van der Waals surface area contributed by atoms with Crippen LogP contribution in [0.3, 0.4) is 0 Å². The summed E-state index contributed by atoms with van der Waals surface area (Å²) >= 11 is 0. The van der Waals surface area contributed by atoms with Crippen molar-refractivity contribution < 1.29 is 0 Å². The van der Waals surface area contributed by atoms with Crippen LogP contribution in [0.15, 0.2) is 29.3 Å². The van der Waals surface area contributed by atoms with Crippen molar-refractivity contribution in [3.63, 3.8) is 0 Å². The second kappa shape index (κ2) is 3.78. The van der Waals surface area contributed by atoms with Crippen molar-refractivity contribution in [2.24, 2.45) is 10.9 Å². The van der Waals surface area contributed by atoms with Crippen LogP contribution < -0.4 is 5.32 Å². The summed E-state index contributed by atoms with van der Waals surface area (Å²) in [5.74, 6) is 0.721. The first kappa shape index (κ1) is 9.10. The predicted octanol–water partition coefficient (Wildman–Crippen LogP) is 2.31. The number of para-hydroxylation sites is 1. The van der Waals surface area contributed by atoms with E-state index in [1.165, 1.54) is 29.8 Å². The largest absolute Gasteiger partial charge is 0.317 e. The second-order valence-corrected chi connectivity index (χ2v) is 4.43. The van der Waals surface area contributed by atoms with Gasteiger partial charge in [-0.05, 0) is 37.6 Å². The average molecular weight is 200 g/mol. The van der Waals surface area contributed by atoms with Crippen molar-refractivity contribution in [3.8, 4) is 0 Å². The van der Waals surface area contributed by atoms with Crippen molar-refractivity contribution in [2.45, 2.75) is 19.3 Å². The minimum Gasteiger partial charge on any atom is -0.317 e. The van der Waals surface area contributed by atoms with Crippen molar-refractivity contribution in [2.75, 3.05) is 13.1 Å². The molecular formula is C13H16N2. The van der Waals surface area contributed by atoms with Crippen LogP contribution in [0.4, 0.5) is 5.69 Å². The van der Waals surface area contributed by atoms with Crippen LogP contribution in [0.1, 0.15) is 18.4 Å². The molecule has 0 aliphatic carbocycles. The number of nitrogens with zero attached hydrogens (tertiary/aromatic N) is 1. The van der Waals surface area contributed by atoms with E-state index in [-0.39, 0.29) is 0 Å². The summed E-state index contributed by atoms with van der Waals surface area (Å²) in [6, 6.07) is 8.52. The van der Waals surface area contributed by atoms with Crippen LogP contribution in [-0.2, 0) is 6.42 Å². The molecule has 1 fully saturated rings. The Morgan fingerprint density at radius 3 is 2.73 bits per heavy atom. The predicted molar refractivity (Wildman–Crippen MR) is 62.8 cm³/mol. The third-order valence-corrected chi connectivity index (χ3v) is 3.44. The van der Waals surface area contributed by atoms with Crippen LogP contribution in [0.25, 0.3) is 0 Å². The highest BCUT2D eigenvalue weighted by Crippen LogP contribution is 2.30. The molecule has 1 aromatic rings. The fourth-order valence-corrected chi connectivity index (χ4v) is 2.55. The molecule has 0 bridgehead atoms. The van der Waals surface area contributed by atoms with Gasteiger partial charge in [-0.25, -0.2) is 0 Å². The molecule has 0 aromatic heterocycles. The number of nitrogens with one attached hydrogen (secondary N) is 1. The Bertz CT molecular complexity index is 389. The molecule has 1 saturated heterocycles. The van der Waals surface area contributed by atoms with Crippen LogP contribution in [0.2, 0.25) is 0 Å². The van der Waals surface area contributed by atoms with Gasteiger partial charge in [-0.1, -0.05) is 18.2 Å². The molecule has 1 aromatic carbocycles. The van der Waals surface area contributed by atoms with E-state index < -0.39 is 0 Å². The first-order valence-corrected chi connectivity index (χ1v) is 5.79. The lowest BCUT2D eigenvalue weighted by molar-refractivity contribution is 0.454. The van der Waals surface area contributed by atoms with Gasteiger partial charge in [-0.2, -0.15) is 0 Å². The Hall–Kier alpha value is -1.15. The summed E-state index contributed by atoms with van der Waals surface area (Å²) in [7, 11) is 0. The molecule has 0 spiro atoms. The van der Waals surface area contributed by atoms with Gasteiger partial charge in [-0.3, -0.25) is 4.99 Å². The maximum atomic E-state index is 4.76. The lowest BCUT2D eigenvalue weighted by atomic mass is 9.90. The summed E-state index contributed by atoms with van der Waals surface area (Å²) in [6.45, 7) is 2.31. The highest BCUT2D eigenvalue weighted by molar-refractivity contribution is 5.95. The molecule has 0 saturated carbocycles. The molecule has 3 rings (SSSR count). The van der Waals surface area contributed by atoms with Crippen LogP contribution >= 0.6 is 0 Å². The topological polar surface area (TPSA) is 24.4 Å². The third kappa shape index (κ3) is 1.70. The molecule has 2 aliphatic heterocycles. The van der Waals surface area contributed by atoms with Crippen molar-refractivity contribution >= 4 is 11.4 Å². The Kier molecular flexibility index (Phi) is 2.29. The minimum absolute atomic E-state index is 0.721. The van der Waals surface area contributed by atoms with Crippen LogP contribution in [0, 0.1) is 5.92 Å². The lowest BCUT2D eigenvalue weighted by Crippen LogP contribution is -2.31. The molecule has 0 unspecified atom stereocenters. The van der Waals surface area contributed by atoms with Gasteiger partial charge in [0.05, 0.1) is 5.69 Å². The molecule has 0 radical (unpaired) electrons. The van der Waals surface area contributed by atoms with Gasteiger partial charge in [0.1, 0.15) is 0 Å². The smallest absolute Gasteiger partial charge is 0.0665 e. The average Bonchev–Trinajstić information content (AvgIpc) is 2.74. The van der Waals surface area contributed by atoms with Crippen LogP contribution in [0.5, 0.6) is 0 Å². The first-order chi connectivity index (χ1) is 7.43. The van der Waals surface area contributed by atoms with Gasteiger partial charge in [-0.15, -0.1) is 0 Å². The highest BCUT2D eigenvalue weighted by atomic mass is 14.9. The van der Waals surface area contributed by atoms with Gasteiger partial charge >= 0.3 is 0 Å². The van der Waals surface area contributed by atoms with Gasteiger partial charge in [0, 0.05) is 18.1 Å². The first-order valence-electron chi connectivity index (χ1n) is 5.79. The second-order valence-electron chi connectivity index (χ2n) is 4.43. The summed E-state index contributed by atoms with van der Waals surface area (Å²) in [5, 5.41) is 3.40. The normalized spacial score (nSPS) is 21.2. The lowest BCUT2D eigenvalue weighted by Gasteiger charge is -2.22. The summed E-state index contributed by atoms with van der Waals surface area (Å²) in [5.41, 5.74) is 4.02. The molecule has 2 nitrogen and oxygen atoms in total. The summed E-state index contributed by atoms with van der Waals surface area (Å²) < 4.78 is 0. The Morgan fingerprint density at radius 2 is 1.93 bits per heavy atom. The van der Waals surface area contributed by atoms with Crippen LogP contribution in [-0.4, -0.2) is 18.8 Å². The zero-order valence-corrected chi connectivity index (χ0v) is 8.87. The van der Waals surface area contributed by atoms with Crippen molar-refractivity contribution in [1.82, 2.24) is 5.32 Å². The molecule has 2 aliphatic rings. The molecule has 2 heterocycles. The maximum Gasteiger partial charge on any atom is 0.0665 e. The zero-order valence-electron chi connectivity index (χ0n) is 8.87. The number of hydrogen-bond acceptors (Lipinski definition) is 2. The van der Waals surface area contributed by atoms with Crippen molar-refractivity contribution in [1.29, 1.82) is 0 Å². The van der Waals surface area contributed by atoms with E-state index in [0.717, 1.165) is 25.4 Å². The van der Waals surface area contributed by atoms with E-state index in [9.17, 15) is 0 Å². The Labute approximate surface area is 90.4 Å². The van der Waals surface area contributed by atoms with Gasteiger partial charge in [0.15, 0.2) is 0 Å². The molecule has 78 valence electrons. The zero-order chi connectivity index (χ0) is 10.1. The number of aliphatic imine (C=N–C) groups is 1. The van der Waals surface area contributed by atoms with E-state index in [1.807, 2.05) is 0 Å². The summed E-state index contributed by atoms with van der Waals surface area (Å²) in [6.07, 6.45) is 3.60.